The fourth-order valence-electron chi connectivity index (χ4n) is 1.47. The highest BCUT2D eigenvalue weighted by atomic mass is 16.5. The largest absolute Gasteiger partial charge is 0.498 e. The van der Waals surface area contributed by atoms with Crippen LogP contribution in [0.15, 0.2) is 12.3 Å². The smallest absolute Gasteiger partial charge is 0.0899 e. The first-order valence-corrected chi connectivity index (χ1v) is 6.91. The number of ether oxygens (including phenoxy) is 2. The van der Waals surface area contributed by atoms with Gasteiger partial charge < -0.3 is 19.7 Å². The standard InChI is InChI=1S/C14H28O4/c1-14(18-13-7-10-16)8-3-2-5-11-17-12-6-4-9-15/h15-16H,1-13H2. The van der Waals surface area contributed by atoms with Gasteiger partial charge in [-0.05, 0) is 25.7 Å². The van der Waals surface area contributed by atoms with Gasteiger partial charge in [0.05, 0.1) is 12.4 Å². The third-order valence-corrected chi connectivity index (χ3v) is 2.55. The van der Waals surface area contributed by atoms with Crippen LogP contribution in [0.25, 0.3) is 0 Å². The molecule has 0 fully saturated rings. The zero-order valence-electron chi connectivity index (χ0n) is 11.4. The summed E-state index contributed by atoms with van der Waals surface area (Å²) < 4.78 is 10.8. The van der Waals surface area contributed by atoms with Gasteiger partial charge in [0, 0.05) is 39.3 Å². The molecule has 0 aliphatic carbocycles. The second-order valence-corrected chi connectivity index (χ2v) is 4.32. The molecule has 0 atom stereocenters. The monoisotopic (exact) mass is 260 g/mol. The van der Waals surface area contributed by atoms with Crippen molar-refractivity contribution in [1.29, 1.82) is 0 Å². The van der Waals surface area contributed by atoms with Gasteiger partial charge >= 0.3 is 0 Å². The topological polar surface area (TPSA) is 58.9 Å². The molecule has 0 saturated carbocycles. The maximum Gasteiger partial charge on any atom is 0.0899 e. The van der Waals surface area contributed by atoms with Crippen LogP contribution in [0.1, 0.15) is 44.9 Å². The van der Waals surface area contributed by atoms with Crippen molar-refractivity contribution in [3.63, 3.8) is 0 Å². The molecule has 0 rings (SSSR count). The Morgan fingerprint density at radius 2 is 1.44 bits per heavy atom. The van der Waals surface area contributed by atoms with Gasteiger partial charge in [-0.1, -0.05) is 13.0 Å². The van der Waals surface area contributed by atoms with Crippen LogP contribution in [-0.4, -0.2) is 43.2 Å². The van der Waals surface area contributed by atoms with Crippen LogP contribution in [0.4, 0.5) is 0 Å². The molecule has 0 unspecified atom stereocenters. The van der Waals surface area contributed by atoms with Crippen LogP contribution in [0.3, 0.4) is 0 Å². The maximum absolute atomic E-state index is 8.59. The maximum atomic E-state index is 8.59. The Morgan fingerprint density at radius 3 is 2.11 bits per heavy atom. The summed E-state index contributed by atoms with van der Waals surface area (Å²) in [5, 5.41) is 17.2. The molecule has 0 aliphatic heterocycles. The SMILES string of the molecule is C=C(CCCCCOCCCCO)OCCCO. The Labute approximate surface area is 111 Å². The summed E-state index contributed by atoms with van der Waals surface area (Å²) in [5.74, 6) is 0.812. The molecule has 2 N–H and O–H groups in total. The second-order valence-electron chi connectivity index (χ2n) is 4.32. The predicted molar refractivity (Wildman–Crippen MR) is 72.4 cm³/mol. The number of aliphatic hydroxyl groups excluding tert-OH is 2. The van der Waals surface area contributed by atoms with Gasteiger partial charge in [0.1, 0.15) is 0 Å². The lowest BCUT2D eigenvalue weighted by molar-refractivity contribution is 0.120. The number of aliphatic hydroxyl groups is 2. The van der Waals surface area contributed by atoms with Crippen molar-refractivity contribution in [3.8, 4) is 0 Å². The number of hydrogen-bond acceptors (Lipinski definition) is 4. The Hall–Kier alpha value is -0.580. The average molecular weight is 260 g/mol. The minimum atomic E-state index is 0.168. The highest BCUT2D eigenvalue weighted by Crippen LogP contribution is 2.09. The minimum absolute atomic E-state index is 0.168. The molecule has 108 valence electrons. The summed E-state index contributed by atoms with van der Waals surface area (Å²) in [6.45, 7) is 6.36. The third kappa shape index (κ3) is 13.5. The van der Waals surface area contributed by atoms with Crippen LogP contribution >= 0.6 is 0 Å². The van der Waals surface area contributed by atoms with E-state index >= 15 is 0 Å². The van der Waals surface area contributed by atoms with Crippen LogP contribution in [0.2, 0.25) is 0 Å². The number of rotatable bonds is 14. The van der Waals surface area contributed by atoms with Crippen molar-refractivity contribution >= 4 is 0 Å². The molecule has 0 heterocycles. The van der Waals surface area contributed by atoms with Crippen molar-refractivity contribution in [2.24, 2.45) is 0 Å². The third-order valence-electron chi connectivity index (χ3n) is 2.55. The molecule has 0 aliphatic rings. The van der Waals surface area contributed by atoms with E-state index in [-0.39, 0.29) is 13.2 Å². The Balaban J connectivity index is 3.08. The van der Waals surface area contributed by atoms with Crippen LogP contribution in [0, 0.1) is 0 Å². The first-order valence-electron chi connectivity index (χ1n) is 6.91. The van der Waals surface area contributed by atoms with E-state index in [0.29, 0.717) is 13.0 Å². The molecule has 0 saturated heterocycles. The van der Waals surface area contributed by atoms with Crippen LogP contribution in [0.5, 0.6) is 0 Å². The molecule has 4 heteroatoms. The molecule has 0 amide bonds. The van der Waals surface area contributed by atoms with Crippen LogP contribution in [-0.2, 0) is 9.47 Å². The van der Waals surface area contributed by atoms with Crippen molar-refractivity contribution in [1.82, 2.24) is 0 Å². The number of hydrogen-bond donors (Lipinski definition) is 2. The molecule has 0 aromatic carbocycles. The van der Waals surface area contributed by atoms with E-state index in [1.807, 2.05) is 0 Å². The number of allylic oxidation sites excluding steroid dienone is 1. The zero-order valence-corrected chi connectivity index (χ0v) is 11.4. The van der Waals surface area contributed by atoms with Gasteiger partial charge in [0.15, 0.2) is 0 Å². The van der Waals surface area contributed by atoms with Crippen molar-refractivity contribution in [2.45, 2.75) is 44.9 Å². The highest BCUT2D eigenvalue weighted by Gasteiger charge is 1.96. The van der Waals surface area contributed by atoms with E-state index < -0.39 is 0 Å². The average Bonchev–Trinajstić information content (AvgIpc) is 2.37. The summed E-state index contributed by atoms with van der Waals surface area (Å²) >= 11 is 0. The van der Waals surface area contributed by atoms with Gasteiger partial charge in [-0.15, -0.1) is 0 Å². The van der Waals surface area contributed by atoms with Gasteiger partial charge in [-0.25, -0.2) is 0 Å². The summed E-state index contributed by atoms with van der Waals surface area (Å²) in [7, 11) is 0. The van der Waals surface area contributed by atoms with Gasteiger partial charge in [0.25, 0.3) is 0 Å². The lowest BCUT2D eigenvalue weighted by atomic mass is 10.2. The molecule has 0 bridgehead atoms. The zero-order chi connectivity index (χ0) is 13.5. The van der Waals surface area contributed by atoms with E-state index in [0.717, 1.165) is 57.5 Å². The first kappa shape index (κ1) is 17.4. The molecule has 4 nitrogen and oxygen atoms in total. The normalized spacial score (nSPS) is 10.6. The van der Waals surface area contributed by atoms with Crippen molar-refractivity contribution < 1.29 is 19.7 Å². The molecule has 0 radical (unpaired) electrons. The van der Waals surface area contributed by atoms with E-state index in [4.69, 9.17) is 19.7 Å². The summed E-state index contributed by atoms with van der Waals surface area (Å²) in [4.78, 5) is 0. The van der Waals surface area contributed by atoms with Gasteiger partial charge in [-0.2, -0.15) is 0 Å². The highest BCUT2D eigenvalue weighted by molar-refractivity contribution is 4.81. The molecular formula is C14H28O4. The van der Waals surface area contributed by atoms with E-state index in [9.17, 15) is 0 Å². The molecule has 18 heavy (non-hydrogen) atoms. The van der Waals surface area contributed by atoms with Crippen molar-refractivity contribution in [3.05, 3.63) is 12.3 Å². The van der Waals surface area contributed by atoms with Crippen LogP contribution < -0.4 is 0 Å². The molecule has 0 aromatic heterocycles. The minimum Gasteiger partial charge on any atom is -0.498 e. The molecule has 0 spiro atoms. The van der Waals surface area contributed by atoms with Crippen molar-refractivity contribution in [2.75, 3.05) is 33.0 Å². The van der Waals surface area contributed by atoms with E-state index in [2.05, 4.69) is 6.58 Å². The van der Waals surface area contributed by atoms with Gasteiger partial charge in [-0.3, -0.25) is 0 Å². The Kier molecular flexibility index (Phi) is 14.0. The van der Waals surface area contributed by atoms with Gasteiger partial charge in [0.2, 0.25) is 0 Å². The fourth-order valence-corrected chi connectivity index (χ4v) is 1.47. The summed E-state index contributed by atoms with van der Waals surface area (Å²) in [6, 6.07) is 0. The quantitative estimate of drug-likeness (QED) is 0.371. The lowest BCUT2D eigenvalue weighted by Gasteiger charge is -2.08. The fraction of sp³-hybridized carbons (Fsp3) is 0.857. The Morgan fingerprint density at radius 1 is 0.778 bits per heavy atom. The summed E-state index contributed by atoms with van der Waals surface area (Å²) in [6.07, 6.45) is 6.55. The first-order chi connectivity index (χ1) is 8.81. The molecular weight excluding hydrogens is 232 g/mol. The predicted octanol–water partition coefficient (Wildman–Crippen LogP) is 2.25. The molecule has 0 aromatic rings. The Bertz CT molecular complexity index is 183. The lowest BCUT2D eigenvalue weighted by Crippen LogP contribution is -1.99. The van der Waals surface area contributed by atoms with E-state index in [1.165, 1.54) is 0 Å². The summed E-state index contributed by atoms with van der Waals surface area (Å²) in [5.41, 5.74) is 0. The van der Waals surface area contributed by atoms with E-state index in [1.54, 1.807) is 0 Å². The second kappa shape index (κ2) is 14.5. The number of unbranched alkanes of at least 4 members (excludes halogenated alkanes) is 3.